The first kappa shape index (κ1) is 12.6. The number of benzene rings is 1. The first-order valence-electron chi connectivity index (χ1n) is 4.74. The lowest BCUT2D eigenvalue weighted by Crippen LogP contribution is -2.06. The normalized spacial score (nSPS) is 10.0. The minimum absolute atomic E-state index is 0.182. The van der Waals surface area contributed by atoms with Crippen molar-refractivity contribution in [3.63, 3.8) is 0 Å². The average molecular weight is 236 g/mol. The van der Waals surface area contributed by atoms with Gasteiger partial charge in [0.05, 0.1) is 0 Å². The third-order valence-electron chi connectivity index (χ3n) is 2.28. The van der Waals surface area contributed by atoms with Gasteiger partial charge in [-0.05, 0) is 32.9 Å². The smallest absolute Gasteiger partial charge is 0.160 e. The van der Waals surface area contributed by atoms with Gasteiger partial charge < -0.3 is 0 Å². The third-order valence-corrected chi connectivity index (χ3v) is 2.76. The zero-order valence-electron chi connectivity index (χ0n) is 9.33. The molecule has 84 valence electrons. The van der Waals surface area contributed by atoms with E-state index in [1.165, 1.54) is 32.9 Å². The van der Waals surface area contributed by atoms with Crippen LogP contribution in [0.4, 0.5) is 0 Å². The van der Waals surface area contributed by atoms with Crippen molar-refractivity contribution in [2.75, 3.05) is 0 Å². The minimum Gasteiger partial charge on any atom is -0.295 e. The van der Waals surface area contributed by atoms with Crippen LogP contribution < -0.4 is 0 Å². The summed E-state index contributed by atoms with van der Waals surface area (Å²) < 4.78 is 0. The van der Waals surface area contributed by atoms with Gasteiger partial charge in [0, 0.05) is 21.6 Å². The molecule has 0 unspecified atom stereocenters. The molecule has 1 rings (SSSR count). The first-order chi connectivity index (χ1) is 7.34. The largest absolute Gasteiger partial charge is 0.295 e. The van der Waals surface area contributed by atoms with E-state index in [0.717, 1.165) is 0 Å². The van der Waals surface area contributed by atoms with Crippen LogP contribution in [0, 0.1) is 0 Å². The summed E-state index contributed by atoms with van der Waals surface area (Å²) in [5, 5.41) is 0. The van der Waals surface area contributed by atoms with E-state index in [-0.39, 0.29) is 17.3 Å². The van der Waals surface area contributed by atoms with Crippen LogP contribution >= 0.6 is 12.6 Å². The SMILES string of the molecule is CC(=O)c1cc(C(C)=O)c(S)c(C(C)=O)c1. The second-order valence-corrected chi connectivity index (χ2v) is 4.04. The van der Waals surface area contributed by atoms with Gasteiger partial charge in [0.15, 0.2) is 17.3 Å². The summed E-state index contributed by atoms with van der Waals surface area (Å²) in [4.78, 5) is 34.3. The highest BCUT2D eigenvalue weighted by molar-refractivity contribution is 7.80. The van der Waals surface area contributed by atoms with Gasteiger partial charge >= 0.3 is 0 Å². The fourth-order valence-electron chi connectivity index (χ4n) is 1.37. The maximum absolute atomic E-state index is 11.3. The molecule has 0 aromatic heterocycles. The molecule has 1 aromatic carbocycles. The molecule has 0 saturated heterocycles. The molecule has 0 atom stereocenters. The first-order valence-corrected chi connectivity index (χ1v) is 5.19. The molecule has 0 radical (unpaired) electrons. The van der Waals surface area contributed by atoms with E-state index in [9.17, 15) is 14.4 Å². The molecular formula is C12H12O3S. The van der Waals surface area contributed by atoms with E-state index in [4.69, 9.17) is 0 Å². The van der Waals surface area contributed by atoms with E-state index < -0.39 is 0 Å². The lowest BCUT2D eigenvalue weighted by Gasteiger charge is -2.08. The Morgan fingerprint density at radius 3 is 1.50 bits per heavy atom. The second-order valence-electron chi connectivity index (χ2n) is 3.59. The minimum atomic E-state index is -0.212. The molecule has 16 heavy (non-hydrogen) atoms. The molecule has 4 heteroatoms. The molecule has 0 amide bonds. The number of thiol groups is 1. The molecule has 1 aromatic rings. The number of ketones is 3. The lowest BCUT2D eigenvalue weighted by atomic mass is 9.99. The molecule has 0 fully saturated rings. The van der Waals surface area contributed by atoms with Crippen molar-refractivity contribution < 1.29 is 14.4 Å². The Balaban J connectivity index is 3.57. The zero-order chi connectivity index (χ0) is 12.5. The summed E-state index contributed by atoms with van der Waals surface area (Å²) in [5.41, 5.74) is 0.968. The topological polar surface area (TPSA) is 51.2 Å². The summed E-state index contributed by atoms with van der Waals surface area (Å²) in [6, 6.07) is 2.94. The molecule has 0 saturated carbocycles. The van der Waals surface area contributed by atoms with Gasteiger partial charge in [0.25, 0.3) is 0 Å². The van der Waals surface area contributed by atoms with E-state index >= 15 is 0 Å². The van der Waals surface area contributed by atoms with Crippen molar-refractivity contribution in [1.82, 2.24) is 0 Å². The van der Waals surface area contributed by atoms with Gasteiger partial charge in [0.1, 0.15) is 0 Å². The quantitative estimate of drug-likeness (QED) is 0.648. The van der Waals surface area contributed by atoms with E-state index in [0.29, 0.717) is 21.6 Å². The van der Waals surface area contributed by atoms with Crippen LogP contribution in [-0.4, -0.2) is 17.3 Å². The van der Waals surface area contributed by atoms with E-state index in [1.807, 2.05) is 0 Å². The molecular weight excluding hydrogens is 224 g/mol. The summed E-state index contributed by atoms with van der Waals surface area (Å²) in [6.45, 7) is 4.15. The van der Waals surface area contributed by atoms with Gasteiger partial charge in [-0.3, -0.25) is 14.4 Å². The fraction of sp³-hybridized carbons (Fsp3) is 0.250. The van der Waals surface area contributed by atoms with Crippen LogP contribution in [0.25, 0.3) is 0 Å². The van der Waals surface area contributed by atoms with Crippen LogP contribution in [0.3, 0.4) is 0 Å². The number of rotatable bonds is 3. The highest BCUT2D eigenvalue weighted by atomic mass is 32.1. The monoisotopic (exact) mass is 236 g/mol. The van der Waals surface area contributed by atoms with Crippen molar-refractivity contribution in [3.8, 4) is 0 Å². The summed E-state index contributed by atoms with van der Waals surface area (Å²) >= 11 is 4.15. The Morgan fingerprint density at radius 1 is 0.875 bits per heavy atom. The van der Waals surface area contributed by atoms with Gasteiger partial charge in [-0.1, -0.05) is 0 Å². The molecule has 0 spiro atoms. The number of carbonyl (C=O) groups is 3. The van der Waals surface area contributed by atoms with Crippen molar-refractivity contribution >= 4 is 30.0 Å². The molecule has 0 aliphatic carbocycles. The molecule has 0 aliphatic heterocycles. The molecule has 0 bridgehead atoms. The summed E-state index contributed by atoms with van der Waals surface area (Å²) in [7, 11) is 0. The molecule has 0 heterocycles. The zero-order valence-corrected chi connectivity index (χ0v) is 10.2. The van der Waals surface area contributed by atoms with Crippen LogP contribution in [0.1, 0.15) is 51.8 Å². The highest BCUT2D eigenvalue weighted by Gasteiger charge is 2.15. The van der Waals surface area contributed by atoms with Crippen molar-refractivity contribution in [2.45, 2.75) is 25.7 Å². The van der Waals surface area contributed by atoms with Crippen molar-refractivity contribution in [3.05, 3.63) is 28.8 Å². The Kier molecular flexibility index (Phi) is 3.65. The van der Waals surface area contributed by atoms with Gasteiger partial charge in [-0.25, -0.2) is 0 Å². The summed E-state index contributed by atoms with van der Waals surface area (Å²) in [6.07, 6.45) is 0. The highest BCUT2D eigenvalue weighted by Crippen LogP contribution is 2.23. The third kappa shape index (κ3) is 2.39. The van der Waals surface area contributed by atoms with Crippen molar-refractivity contribution in [2.24, 2.45) is 0 Å². The molecule has 0 aliphatic rings. The average Bonchev–Trinajstić information content (AvgIpc) is 2.16. The standard InChI is InChI=1S/C12H12O3S/c1-6(13)9-4-10(7(2)14)12(16)11(5-9)8(3)15/h4-5,16H,1-3H3. The van der Waals surface area contributed by atoms with E-state index in [1.54, 1.807) is 0 Å². The Bertz CT molecular complexity index is 454. The molecule has 3 nitrogen and oxygen atoms in total. The summed E-state index contributed by atoms with van der Waals surface area (Å²) in [5.74, 6) is -0.607. The van der Waals surface area contributed by atoms with E-state index in [2.05, 4.69) is 12.6 Å². The predicted octanol–water partition coefficient (Wildman–Crippen LogP) is 2.58. The number of carbonyl (C=O) groups excluding carboxylic acids is 3. The second kappa shape index (κ2) is 4.61. The van der Waals surface area contributed by atoms with Gasteiger partial charge in [0.2, 0.25) is 0 Å². The Morgan fingerprint density at radius 2 is 1.25 bits per heavy atom. The van der Waals surface area contributed by atoms with Crippen LogP contribution in [0.5, 0.6) is 0 Å². The number of hydrogen-bond acceptors (Lipinski definition) is 4. The van der Waals surface area contributed by atoms with Crippen molar-refractivity contribution in [1.29, 1.82) is 0 Å². The van der Waals surface area contributed by atoms with Crippen LogP contribution in [0.15, 0.2) is 17.0 Å². The maximum atomic E-state index is 11.3. The molecule has 0 N–H and O–H groups in total. The Labute approximate surface area is 99.3 Å². The predicted molar refractivity (Wildman–Crippen MR) is 63.7 cm³/mol. The van der Waals surface area contributed by atoms with Gasteiger partial charge in [-0.15, -0.1) is 12.6 Å². The fourth-order valence-corrected chi connectivity index (χ4v) is 1.82. The maximum Gasteiger partial charge on any atom is 0.160 e. The van der Waals surface area contributed by atoms with Crippen LogP contribution in [-0.2, 0) is 0 Å². The Hall–Kier alpha value is -1.42. The van der Waals surface area contributed by atoms with Crippen LogP contribution in [0.2, 0.25) is 0 Å². The number of Topliss-reactive ketones (excluding diaryl/α,β-unsaturated/α-hetero) is 3. The lowest BCUT2D eigenvalue weighted by molar-refractivity contribution is 0.101. The van der Waals surface area contributed by atoms with Gasteiger partial charge in [-0.2, -0.15) is 0 Å². The number of hydrogen-bond donors (Lipinski definition) is 1.